The molecule has 1 aliphatic rings. The number of rotatable bonds is 4. The molecule has 5 rings (SSSR count). The van der Waals surface area contributed by atoms with Crippen molar-refractivity contribution in [3.63, 3.8) is 0 Å². The number of fused-ring (bicyclic) bond motifs is 1. The summed E-state index contributed by atoms with van der Waals surface area (Å²) >= 11 is -2.03. The Morgan fingerprint density at radius 2 is 1.75 bits per heavy atom. The average molecular weight is 448 g/mol. The number of hydrogen-bond acceptors (Lipinski definition) is 5. The molecule has 2 N–H and O–H groups in total. The predicted octanol–water partition coefficient (Wildman–Crippen LogP) is 3.83. The van der Waals surface area contributed by atoms with Crippen molar-refractivity contribution >= 4 is 22.4 Å². The maximum Gasteiger partial charge on any atom is 0.186 e. The normalized spacial score (nSPS) is 19.9. The van der Waals surface area contributed by atoms with Gasteiger partial charge in [0, 0.05) is 54.4 Å². The summed E-state index contributed by atoms with van der Waals surface area (Å²) in [4.78, 5) is 7.47. The topological polar surface area (TPSA) is 82.8 Å². The lowest BCUT2D eigenvalue weighted by Gasteiger charge is -2.41. The third-order valence-corrected chi connectivity index (χ3v) is 6.69. The van der Waals surface area contributed by atoms with Gasteiger partial charge in [-0.1, -0.05) is 24.3 Å². The van der Waals surface area contributed by atoms with Crippen molar-refractivity contribution in [1.82, 2.24) is 19.9 Å². The quantitative estimate of drug-likeness (QED) is 0.463. The van der Waals surface area contributed by atoms with Crippen LogP contribution in [0.4, 0.5) is 5.69 Å². The smallest absolute Gasteiger partial charge is 0.186 e. The summed E-state index contributed by atoms with van der Waals surface area (Å²) in [6, 6.07) is 16.5. The van der Waals surface area contributed by atoms with E-state index in [1.165, 1.54) is 5.69 Å². The van der Waals surface area contributed by atoms with Crippen LogP contribution in [0, 0.1) is 0 Å². The summed E-state index contributed by atoms with van der Waals surface area (Å²) in [6.07, 6.45) is 5.55. The van der Waals surface area contributed by atoms with Crippen LogP contribution in [-0.2, 0) is 11.1 Å². The Morgan fingerprint density at radius 3 is 2.47 bits per heavy atom. The molecule has 0 amide bonds. The van der Waals surface area contributed by atoms with Gasteiger partial charge in [-0.25, -0.2) is 13.7 Å². The summed E-state index contributed by atoms with van der Waals surface area (Å²) in [5, 5.41) is 7.94. The molecule has 0 spiro atoms. The Hall–Kier alpha value is -3.07. The molecular formula is C24H25N5O2S. The maximum absolute atomic E-state index is 11.4. The Morgan fingerprint density at radius 1 is 1.00 bits per heavy atom. The molecule has 32 heavy (non-hydrogen) atoms. The highest BCUT2D eigenvalue weighted by Gasteiger charge is 2.24. The van der Waals surface area contributed by atoms with Gasteiger partial charge in [-0.05, 0) is 49.2 Å². The minimum atomic E-state index is -2.03. The van der Waals surface area contributed by atoms with E-state index in [0.29, 0.717) is 22.6 Å². The SMILES string of the molecule is C[C@@H]1CNC[C@H](C)N1c1ccc(-c2cnc3c(-c4cccc(S(=O)O)c4)cnn3c2)cc1. The first kappa shape index (κ1) is 20.8. The predicted molar refractivity (Wildman–Crippen MR) is 127 cm³/mol. The fourth-order valence-corrected chi connectivity index (χ4v) is 4.89. The van der Waals surface area contributed by atoms with Gasteiger partial charge in [0.15, 0.2) is 16.7 Å². The number of benzene rings is 2. The van der Waals surface area contributed by atoms with E-state index < -0.39 is 11.1 Å². The Balaban J connectivity index is 1.45. The molecule has 0 saturated carbocycles. The zero-order chi connectivity index (χ0) is 22.2. The van der Waals surface area contributed by atoms with E-state index in [4.69, 9.17) is 0 Å². The molecule has 0 bridgehead atoms. The van der Waals surface area contributed by atoms with Gasteiger partial charge in [0.25, 0.3) is 0 Å². The van der Waals surface area contributed by atoms with Crippen LogP contribution >= 0.6 is 0 Å². The third-order valence-electron chi connectivity index (χ3n) is 6.03. The highest BCUT2D eigenvalue weighted by molar-refractivity contribution is 7.79. The van der Waals surface area contributed by atoms with Crippen molar-refractivity contribution in [1.29, 1.82) is 0 Å². The average Bonchev–Trinajstić information content (AvgIpc) is 3.23. The largest absolute Gasteiger partial charge is 0.364 e. The van der Waals surface area contributed by atoms with E-state index in [0.717, 1.165) is 35.3 Å². The summed E-state index contributed by atoms with van der Waals surface area (Å²) < 4.78 is 22.6. The van der Waals surface area contributed by atoms with Gasteiger partial charge in [-0.3, -0.25) is 0 Å². The van der Waals surface area contributed by atoms with Crippen molar-refractivity contribution in [3.05, 3.63) is 67.1 Å². The lowest BCUT2D eigenvalue weighted by molar-refractivity contribution is 0.432. The van der Waals surface area contributed by atoms with E-state index in [1.807, 2.05) is 18.5 Å². The molecule has 1 saturated heterocycles. The van der Waals surface area contributed by atoms with Crippen LogP contribution in [0.2, 0.25) is 0 Å². The van der Waals surface area contributed by atoms with Crippen LogP contribution in [-0.4, -0.2) is 48.5 Å². The molecule has 2 aromatic heterocycles. The van der Waals surface area contributed by atoms with Crippen LogP contribution in [0.25, 0.3) is 27.9 Å². The molecule has 7 nitrogen and oxygen atoms in total. The molecule has 3 atom stereocenters. The second-order valence-electron chi connectivity index (χ2n) is 8.26. The van der Waals surface area contributed by atoms with Gasteiger partial charge < -0.3 is 14.8 Å². The van der Waals surface area contributed by atoms with Gasteiger partial charge in [0.1, 0.15) is 0 Å². The molecule has 0 radical (unpaired) electrons. The molecule has 164 valence electrons. The van der Waals surface area contributed by atoms with E-state index in [1.54, 1.807) is 28.9 Å². The molecule has 3 heterocycles. The fourth-order valence-electron chi connectivity index (χ4n) is 4.47. The number of hydrogen-bond donors (Lipinski definition) is 2. The first-order chi connectivity index (χ1) is 15.5. The molecule has 0 aliphatic carbocycles. The van der Waals surface area contributed by atoms with Crippen molar-refractivity contribution in [2.24, 2.45) is 0 Å². The second-order valence-corrected chi connectivity index (χ2v) is 9.23. The molecule has 4 aromatic rings. The van der Waals surface area contributed by atoms with Crippen molar-refractivity contribution in [2.75, 3.05) is 18.0 Å². The third kappa shape index (κ3) is 3.81. The molecule has 2 aromatic carbocycles. The Labute approximate surface area is 189 Å². The van der Waals surface area contributed by atoms with Gasteiger partial charge >= 0.3 is 0 Å². The van der Waals surface area contributed by atoms with Crippen LogP contribution in [0.1, 0.15) is 13.8 Å². The number of nitrogens with zero attached hydrogens (tertiary/aromatic N) is 4. The van der Waals surface area contributed by atoms with Gasteiger partial charge in [-0.2, -0.15) is 5.10 Å². The fraction of sp³-hybridized carbons (Fsp3) is 0.250. The van der Waals surface area contributed by atoms with Crippen molar-refractivity contribution < 1.29 is 8.76 Å². The zero-order valence-corrected chi connectivity index (χ0v) is 18.8. The Bertz CT molecular complexity index is 1280. The van der Waals surface area contributed by atoms with Crippen molar-refractivity contribution in [2.45, 2.75) is 30.8 Å². The van der Waals surface area contributed by atoms with E-state index in [9.17, 15) is 8.76 Å². The van der Waals surface area contributed by atoms with E-state index in [2.05, 4.69) is 58.4 Å². The van der Waals surface area contributed by atoms with Crippen LogP contribution in [0.5, 0.6) is 0 Å². The van der Waals surface area contributed by atoms with Crippen LogP contribution < -0.4 is 10.2 Å². The minimum Gasteiger partial charge on any atom is -0.364 e. The Kier molecular flexibility index (Phi) is 5.50. The summed E-state index contributed by atoms with van der Waals surface area (Å²) in [5.41, 5.74) is 5.62. The highest BCUT2D eigenvalue weighted by Crippen LogP contribution is 2.29. The lowest BCUT2D eigenvalue weighted by atomic mass is 10.0. The number of aromatic nitrogens is 3. The van der Waals surface area contributed by atoms with Crippen LogP contribution in [0.15, 0.2) is 72.0 Å². The minimum absolute atomic E-state index is 0.353. The zero-order valence-electron chi connectivity index (χ0n) is 18.0. The number of anilines is 1. The molecule has 1 fully saturated rings. The molecule has 8 heteroatoms. The standard InChI is InChI=1S/C24H25N5O2S/c1-16-11-25-12-17(2)29(16)21-8-6-18(7-9-21)20-13-26-24-23(14-27-28(24)15-20)19-4-3-5-22(10-19)32(30)31/h3-10,13-17,25H,11-12H2,1-2H3,(H,30,31)/t16-,17+. The van der Waals surface area contributed by atoms with Gasteiger partial charge in [0.2, 0.25) is 0 Å². The van der Waals surface area contributed by atoms with Gasteiger partial charge in [0.05, 0.1) is 11.1 Å². The van der Waals surface area contributed by atoms with Crippen LogP contribution in [0.3, 0.4) is 0 Å². The maximum atomic E-state index is 11.4. The molecular weight excluding hydrogens is 422 g/mol. The first-order valence-electron chi connectivity index (χ1n) is 10.7. The monoisotopic (exact) mass is 447 g/mol. The summed E-state index contributed by atoms with van der Waals surface area (Å²) in [6.45, 7) is 6.48. The van der Waals surface area contributed by atoms with Gasteiger partial charge in [-0.15, -0.1) is 0 Å². The number of nitrogens with one attached hydrogen (secondary N) is 1. The number of piperazine rings is 1. The van der Waals surface area contributed by atoms with E-state index >= 15 is 0 Å². The molecule has 1 unspecified atom stereocenters. The summed E-state index contributed by atoms with van der Waals surface area (Å²) in [5.74, 6) is 0. The first-order valence-corrected chi connectivity index (χ1v) is 11.8. The van der Waals surface area contributed by atoms with Crippen molar-refractivity contribution in [3.8, 4) is 22.3 Å². The second kappa shape index (κ2) is 8.46. The van der Waals surface area contributed by atoms with E-state index in [-0.39, 0.29) is 0 Å². The molecule has 1 aliphatic heterocycles. The summed E-state index contributed by atoms with van der Waals surface area (Å²) in [7, 11) is 0. The highest BCUT2D eigenvalue weighted by atomic mass is 32.2. The lowest BCUT2D eigenvalue weighted by Crippen LogP contribution is -2.55.